The summed E-state index contributed by atoms with van der Waals surface area (Å²) < 4.78 is 0. The number of para-hydroxylation sites is 1. The summed E-state index contributed by atoms with van der Waals surface area (Å²) in [5.74, 6) is 1.17. The van der Waals surface area contributed by atoms with Crippen LogP contribution in [0.25, 0.3) is 10.9 Å². The molecule has 1 aromatic carbocycles. The van der Waals surface area contributed by atoms with Crippen molar-refractivity contribution in [1.82, 2.24) is 10.3 Å². The first-order chi connectivity index (χ1) is 9.79. The van der Waals surface area contributed by atoms with Gasteiger partial charge in [0, 0.05) is 24.5 Å². The van der Waals surface area contributed by atoms with Crippen LogP contribution in [0, 0.1) is 6.92 Å². The number of aryl methyl sites for hydroxylation is 1. The summed E-state index contributed by atoms with van der Waals surface area (Å²) in [5, 5.41) is 4.71. The molecule has 1 saturated heterocycles. The molecule has 1 aliphatic heterocycles. The molecule has 0 aliphatic carbocycles. The molecule has 0 spiro atoms. The van der Waals surface area contributed by atoms with Crippen molar-refractivity contribution in [3.8, 4) is 0 Å². The molecule has 2 aromatic rings. The Morgan fingerprint density at radius 1 is 1.35 bits per heavy atom. The number of pyridine rings is 1. The van der Waals surface area contributed by atoms with Crippen molar-refractivity contribution in [2.75, 3.05) is 24.5 Å². The largest absolute Gasteiger partial charge is 0.352 e. The van der Waals surface area contributed by atoms with Gasteiger partial charge in [-0.3, -0.25) is 0 Å². The summed E-state index contributed by atoms with van der Waals surface area (Å²) in [7, 11) is 0. The van der Waals surface area contributed by atoms with E-state index in [0.717, 1.165) is 25.2 Å². The number of fused-ring (bicyclic) bond motifs is 1. The van der Waals surface area contributed by atoms with Crippen molar-refractivity contribution in [2.45, 2.75) is 32.7 Å². The molecule has 1 aliphatic rings. The molecule has 0 radical (unpaired) electrons. The van der Waals surface area contributed by atoms with Crippen molar-refractivity contribution in [3.63, 3.8) is 0 Å². The average molecular weight is 269 g/mol. The average Bonchev–Trinajstić information content (AvgIpc) is 2.92. The van der Waals surface area contributed by atoms with Gasteiger partial charge in [-0.05, 0) is 44.0 Å². The highest BCUT2D eigenvalue weighted by Crippen LogP contribution is 2.28. The third kappa shape index (κ3) is 2.50. The number of nitrogens with one attached hydrogen (secondary N) is 1. The predicted octanol–water partition coefficient (Wildman–Crippen LogP) is 3.12. The molecule has 0 bridgehead atoms. The Labute approximate surface area is 121 Å². The molecule has 1 aromatic heterocycles. The Hall–Kier alpha value is -1.61. The van der Waals surface area contributed by atoms with E-state index in [1.165, 1.54) is 29.6 Å². The summed E-state index contributed by atoms with van der Waals surface area (Å²) >= 11 is 0. The van der Waals surface area contributed by atoms with Crippen molar-refractivity contribution < 1.29 is 0 Å². The Kier molecular flexibility index (Phi) is 3.88. The van der Waals surface area contributed by atoms with Crippen LogP contribution in [0.15, 0.2) is 30.3 Å². The highest BCUT2D eigenvalue weighted by molar-refractivity contribution is 5.81. The zero-order valence-electron chi connectivity index (χ0n) is 12.4. The Balaban J connectivity index is 1.94. The summed E-state index contributed by atoms with van der Waals surface area (Å²) in [4.78, 5) is 7.40. The highest BCUT2D eigenvalue weighted by Gasteiger charge is 2.26. The number of hydrogen-bond donors (Lipinski definition) is 1. The maximum atomic E-state index is 4.91. The lowest BCUT2D eigenvalue weighted by molar-refractivity contribution is 0.584. The molecule has 1 atom stereocenters. The Morgan fingerprint density at radius 2 is 2.20 bits per heavy atom. The fourth-order valence-electron chi connectivity index (χ4n) is 3.14. The van der Waals surface area contributed by atoms with Gasteiger partial charge in [0.25, 0.3) is 0 Å². The van der Waals surface area contributed by atoms with Crippen LogP contribution in [0.3, 0.4) is 0 Å². The third-order valence-electron chi connectivity index (χ3n) is 4.17. The standard InChI is InChI=1S/C17H23N3/c1-3-18-12-15-8-6-10-20(15)17-13(2)11-14-7-4-5-9-16(14)19-17/h4-5,7,9,11,15,18H,3,6,8,10,12H2,1-2H3. The minimum absolute atomic E-state index is 0.585. The molecule has 0 amide bonds. The van der Waals surface area contributed by atoms with E-state index in [2.05, 4.69) is 54.4 Å². The van der Waals surface area contributed by atoms with Crippen LogP contribution in [0.1, 0.15) is 25.3 Å². The fourth-order valence-corrected chi connectivity index (χ4v) is 3.14. The quantitative estimate of drug-likeness (QED) is 0.924. The summed E-state index contributed by atoms with van der Waals surface area (Å²) in [6.07, 6.45) is 2.53. The molecule has 1 unspecified atom stereocenters. The minimum Gasteiger partial charge on any atom is -0.352 e. The molecule has 3 heteroatoms. The van der Waals surface area contributed by atoms with E-state index >= 15 is 0 Å². The normalized spacial score (nSPS) is 18.9. The van der Waals surface area contributed by atoms with Crippen molar-refractivity contribution >= 4 is 16.7 Å². The smallest absolute Gasteiger partial charge is 0.132 e. The van der Waals surface area contributed by atoms with E-state index in [4.69, 9.17) is 4.98 Å². The first-order valence-corrected chi connectivity index (χ1v) is 7.63. The number of aromatic nitrogens is 1. The third-order valence-corrected chi connectivity index (χ3v) is 4.17. The molecule has 106 valence electrons. The SMILES string of the molecule is CCNCC1CCCN1c1nc2ccccc2cc1C. The number of anilines is 1. The van der Waals surface area contributed by atoms with E-state index in [9.17, 15) is 0 Å². The van der Waals surface area contributed by atoms with Gasteiger partial charge >= 0.3 is 0 Å². The molecule has 0 saturated carbocycles. The van der Waals surface area contributed by atoms with Gasteiger partial charge in [-0.15, -0.1) is 0 Å². The summed E-state index contributed by atoms with van der Waals surface area (Å²) in [6.45, 7) is 7.57. The van der Waals surface area contributed by atoms with E-state index in [1.54, 1.807) is 0 Å². The lowest BCUT2D eigenvalue weighted by atomic mass is 10.1. The first kappa shape index (κ1) is 13.4. The van der Waals surface area contributed by atoms with Gasteiger partial charge in [0.05, 0.1) is 5.52 Å². The molecule has 20 heavy (non-hydrogen) atoms. The summed E-state index contributed by atoms with van der Waals surface area (Å²) in [5.41, 5.74) is 2.38. The van der Waals surface area contributed by atoms with Gasteiger partial charge in [0.1, 0.15) is 5.82 Å². The number of hydrogen-bond acceptors (Lipinski definition) is 3. The molecular weight excluding hydrogens is 246 g/mol. The van der Waals surface area contributed by atoms with Crippen LogP contribution in [0.4, 0.5) is 5.82 Å². The molecular formula is C17H23N3. The van der Waals surface area contributed by atoms with Gasteiger partial charge in [-0.2, -0.15) is 0 Å². The topological polar surface area (TPSA) is 28.2 Å². The zero-order chi connectivity index (χ0) is 13.9. The van der Waals surface area contributed by atoms with Crippen LogP contribution in [-0.4, -0.2) is 30.7 Å². The van der Waals surface area contributed by atoms with Crippen LogP contribution in [0.2, 0.25) is 0 Å². The summed E-state index contributed by atoms with van der Waals surface area (Å²) in [6, 6.07) is 11.2. The second-order valence-electron chi connectivity index (χ2n) is 5.62. The van der Waals surface area contributed by atoms with Crippen LogP contribution in [-0.2, 0) is 0 Å². The maximum absolute atomic E-state index is 4.91. The maximum Gasteiger partial charge on any atom is 0.132 e. The van der Waals surface area contributed by atoms with Gasteiger partial charge < -0.3 is 10.2 Å². The second-order valence-corrected chi connectivity index (χ2v) is 5.62. The van der Waals surface area contributed by atoms with Crippen molar-refractivity contribution in [1.29, 1.82) is 0 Å². The predicted molar refractivity (Wildman–Crippen MR) is 85.4 cm³/mol. The lowest BCUT2D eigenvalue weighted by Crippen LogP contribution is -2.38. The van der Waals surface area contributed by atoms with Crippen molar-refractivity contribution in [2.24, 2.45) is 0 Å². The van der Waals surface area contributed by atoms with E-state index in [0.29, 0.717) is 6.04 Å². The zero-order valence-corrected chi connectivity index (χ0v) is 12.4. The van der Waals surface area contributed by atoms with Gasteiger partial charge in [-0.1, -0.05) is 25.1 Å². The molecule has 2 heterocycles. The number of likely N-dealkylation sites (N-methyl/N-ethyl adjacent to an activating group) is 1. The number of benzene rings is 1. The lowest BCUT2D eigenvalue weighted by Gasteiger charge is -2.27. The highest BCUT2D eigenvalue weighted by atomic mass is 15.2. The first-order valence-electron chi connectivity index (χ1n) is 7.63. The fraction of sp³-hybridized carbons (Fsp3) is 0.471. The number of rotatable bonds is 4. The van der Waals surface area contributed by atoms with Gasteiger partial charge in [-0.25, -0.2) is 4.98 Å². The van der Waals surface area contributed by atoms with Crippen LogP contribution < -0.4 is 10.2 Å². The van der Waals surface area contributed by atoms with E-state index in [1.807, 2.05) is 0 Å². The Morgan fingerprint density at radius 3 is 3.05 bits per heavy atom. The number of nitrogens with zero attached hydrogens (tertiary/aromatic N) is 2. The van der Waals surface area contributed by atoms with E-state index in [-0.39, 0.29) is 0 Å². The van der Waals surface area contributed by atoms with Crippen LogP contribution in [0.5, 0.6) is 0 Å². The Bertz CT molecular complexity index is 594. The minimum atomic E-state index is 0.585. The molecule has 1 fully saturated rings. The van der Waals surface area contributed by atoms with Crippen molar-refractivity contribution in [3.05, 3.63) is 35.9 Å². The van der Waals surface area contributed by atoms with Crippen LogP contribution >= 0.6 is 0 Å². The van der Waals surface area contributed by atoms with Gasteiger partial charge in [0.15, 0.2) is 0 Å². The second kappa shape index (κ2) is 5.80. The monoisotopic (exact) mass is 269 g/mol. The molecule has 3 rings (SSSR count). The van der Waals surface area contributed by atoms with Gasteiger partial charge in [0.2, 0.25) is 0 Å². The van der Waals surface area contributed by atoms with E-state index < -0.39 is 0 Å². The molecule has 1 N–H and O–H groups in total. The molecule has 3 nitrogen and oxygen atoms in total.